The molecule has 0 aliphatic heterocycles. The molecule has 6 heteroatoms. The number of amides is 2. The van der Waals surface area contributed by atoms with Crippen molar-refractivity contribution in [3.05, 3.63) is 29.8 Å². The molecule has 1 aromatic rings. The summed E-state index contributed by atoms with van der Waals surface area (Å²) in [5.41, 5.74) is 6.95. The van der Waals surface area contributed by atoms with Crippen LogP contribution in [0.5, 0.6) is 0 Å². The summed E-state index contributed by atoms with van der Waals surface area (Å²) in [7, 11) is 1.78. The lowest BCUT2D eigenvalue weighted by Crippen LogP contribution is -2.39. The Morgan fingerprint density at radius 2 is 1.83 bits per heavy atom. The van der Waals surface area contributed by atoms with Gasteiger partial charge in [0, 0.05) is 30.8 Å². The van der Waals surface area contributed by atoms with E-state index in [1.165, 1.54) is 0 Å². The van der Waals surface area contributed by atoms with E-state index in [4.69, 9.17) is 5.73 Å². The smallest absolute Gasteiger partial charge is 0.253 e. The number of benzene rings is 1. The molecule has 128 valence electrons. The van der Waals surface area contributed by atoms with Crippen LogP contribution >= 0.6 is 12.4 Å². The van der Waals surface area contributed by atoms with Crippen LogP contribution in [0.2, 0.25) is 0 Å². The van der Waals surface area contributed by atoms with Crippen LogP contribution in [0.4, 0.5) is 5.69 Å². The Kier molecular flexibility index (Phi) is 6.59. The zero-order valence-electron chi connectivity index (χ0n) is 14.0. The predicted octanol–water partition coefficient (Wildman–Crippen LogP) is 2.51. The normalized spacial score (nSPS) is 13.9. The van der Waals surface area contributed by atoms with Crippen molar-refractivity contribution in [1.29, 1.82) is 0 Å². The number of carbonyl (C=O) groups excluding carboxylic acids is 2. The fourth-order valence-electron chi connectivity index (χ4n) is 2.28. The van der Waals surface area contributed by atoms with Crippen molar-refractivity contribution < 1.29 is 9.59 Å². The second-order valence-electron chi connectivity index (χ2n) is 6.87. The van der Waals surface area contributed by atoms with Gasteiger partial charge < -0.3 is 16.0 Å². The number of anilines is 1. The van der Waals surface area contributed by atoms with Gasteiger partial charge in [-0.05, 0) is 49.1 Å². The van der Waals surface area contributed by atoms with Crippen molar-refractivity contribution in [2.24, 2.45) is 17.1 Å². The van der Waals surface area contributed by atoms with Crippen molar-refractivity contribution in [1.82, 2.24) is 4.90 Å². The summed E-state index contributed by atoms with van der Waals surface area (Å²) in [5, 5.41) is 2.87. The Balaban J connectivity index is 0.00000264. The molecule has 5 nitrogen and oxygen atoms in total. The number of halogens is 1. The molecule has 0 spiro atoms. The van der Waals surface area contributed by atoms with E-state index in [1.54, 1.807) is 36.2 Å². The van der Waals surface area contributed by atoms with Gasteiger partial charge in [-0.2, -0.15) is 0 Å². The summed E-state index contributed by atoms with van der Waals surface area (Å²) < 4.78 is 0. The summed E-state index contributed by atoms with van der Waals surface area (Å²) in [6.45, 7) is 5.19. The lowest BCUT2D eigenvalue weighted by molar-refractivity contribution is -0.117. The molecule has 0 heterocycles. The van der Waals surface area contributed by atoms with Crippen molar-refractivity contribution in [3.63, 3.8) is 0 Å². The first-order valence-electron chi connectivity index (χ1n) is 7.69. The lowest BCUT2D eigenvalue weighted by Gasteiger charge is -2.29. The maximum absolute atomic E-state index is 12.4. The standard InChI is InChI=1S/C17H25N3O2.ClH/c1-17(2,10-18)11-20(3)16(22)13-6-8-14(9-7-13)19-15(21)12-4-5-12;/h6-9,12H,4-5,10-11,18H2,1-3H3,(H,19,21);1H. The van der Waals surface area contributed by atoms with Gasteiger partial charge in [0.1, 0.15) is 0 Å². The van der Waals surface area contributed by atoms with E-state index < -0.39 is 0 Å². The molecule has 1 fully saturated rings. The molecule has 1 aliphatic carbocycles. The minimum atomic E-state index is -0.109. The second-order valence-corrected chi connectivity index (χ2v) is 6.87. The van der Waals surface area contributed by atoms with E-state index in [-0.39, 0.29) is 35.6 Å². The van der Waals surface area contributed by atoms with Crippen LogP contribution in [0.15, 0.2) is 24.3 Å². The Labute approximate surface area is 144 Å². The van der Waals surface area contributed by atoms with E-state index >= 15 is 0 Å². The Morgan fingerprint density at radius 1 is 1.26 bits per heavy atom. The quantitative estimate of drug-likeness (QED) is 0.836. The first-order chi connectivity index (χ1) is 10.3. The van der Waals surface area contributed by atoms with Gasteiger partial charge in [0.2, 0.25) is 5.91 Å². The van der Waals surface area contributed by atoms with Crippen LogP contribution < -0.4 is 11.1 Å². The summed E-state index contributed by atoms with van der Waals surface area (Å²) >= 11 is 0. The number of nitrogens with zero attached hydrogens (tertiary/aromatic N) is 1. The molecular weight excluding hydrogens is 314 g/mol. The van der Waals surface area contributed by atoms with Gasteiger partial charge in [0.05, 0.1) is 0 Å². The van der Waals surface area contributed by atoms with Crippen LogP contribution in [0.25, 0.3) is 0 Å². The minimum absolute atomic E-state index is 0. The highest BCUT2D eigenvalue weighted by atomic mass is 35.5. The Morgan fingerprint density at radius 3 is 2.30 bits per heavy atom. The molecule has 1 saturated carbocycles. The highest BCUT2D eigenvalue weighted by Crippen LogP contribution is 2.30. The summed E-state index contributed by atoms with van der Waals surface area (Å²) in [5.74, 6) is 0.202. The molecule has 23 heavy (non-hydrogen) atoms. The highest BCUT2D eigenvalue weighted by Gasteiger charge is 2.29. The van der Waals surface area contributed by atoms with Crippen molar-refractivity contribution in [2.45, 2.75) is 26.7 Å². The van der Waals surface area contributed by atoms with Crippen molar-refractivity contribution in [3.8, 4) is 0 Å². The van der Waals surface area contributed by atoms with Gasteiger partial charge >= 0.3 is 0 Å². The van der Waals surface area contributed by atoms with E-state index in [9.17, 15) is 9.59 Å². The Hall–Kier alpha value is -1.59. The van der Waals surface area contributed by atoms with Crippen LogP contribution in [-0.2, 0) is 4.79 Å². The number of nitrogens with one attached hydrogen (secondary N) is 1. The minimum Gasteiger partial charge on any atom is -0.341 e. The largest absolute Gasteiger partial charge is 0.341 e. The van der Waals surface area contributed by atoms with Crippen molar-refractivity contribution in [2.75, 3.05) is 25.5 Å². The summed E-state index contributed by atoms with van der Waals surface area (Å²) in [6, 6.07) is 7.04. The fraction of sp³-hybridized carbons (Fsp3) is 0.529. The number of rotatable bonds is 6. The third-order valence-electron chi connectivity index (χ3n) is 3.91. The molecule has 2 rings (SSSR count). The number of carbonyl (C=O) groups is 2. The fourth-order valence-corrected chi connectivity index (χ4v) is 2.28. The van der Waals surface area contributed by atoms with Crippen LogP contribution in [0.1, 0.15) is 37.0 Å². The molecule has 0 saturated heterocycles. The third-order valence-corrected chi connectivity index (χ3v) is 3.91. The average molecular weight is 340 g/mol. The van der Waals surface area contributed by atoms with Crippen molar-refractivity contribution >= 4 is 29.9 Å². The molecule has 1 aliphatic rings. The van der Waals surface area contributed by atoms with Crippen LogP contribution in [0, 0.1) is 11.3 Å². The zero-order chi connectivity index (χ0) is 16.3. The monoisotopic (exact) mass is 339 g/mol. The van der Waals surface area contributed by atoms with Crippen LogP contribution in [0.3, 0.4) is 0 Å². The molecular formula is C17H26ClN3O2. The molecule has 0 bridgehead atoms. The van der Waals surface area contributed by atoms with E-state index in [0.717, 1.165) is 18.5 Å². The zero-order valence-corrected chi connectivity index (χ0v) is 14.8. The van der Waals surface area contributed by atoms with E-state index in [2.05, 4.69) is 5.32 Å². The first-order valence-corrected chi connectivity index (χ1v) is 7.69. The van der Waals surface area contributed by atoms with Gasteiger partial charge in [0.15, 0.2) is 0 Å². The molecule has 0 atom stereocenters. The van der Waals surface area contributed by atoms with Gasteiger partial charge in [-0.3, -0.25) is 9.59 Å². The topological polar surface area (TPSA) is 75.4 Å². The number of hydrogen-bond acceptors (Lipinski definition) is 3. The second kappa shape index (κ2) is 7.79. The molecule has 0 radical (unpaired) electrons. The summed E-state index contributed by atoms with van der Waals surface area (Å²) in [6.07, 6.45) is 1.95. The van der Waals surface area contributed by atoms with Gasteiger partial charge in [-0.1, -0.05) is 13.8 Å². The predicted molar refractivity (Wildman–Crippen MR) is 94.8 cm³/mol. The maximum atomic E-state index is 12.4. The van der Waals surface area contributed by atoms with E-state index in [1.807, 2.05) is 13.8 Å². The third kappa shape index (κ3) is 5.52. The number of hydrogen-bond donors (Lipinski definition) is 2. The van der Waals surface area contributed by atoms with E-state index in [0.29, 0.717) is 18.7 Å². The first kappa shape index (κ1) is 19.5. The lowest BCUT2D eigenvalue weighted by atomic mass is 9.93. The molecule has 1 aromatic carbocycles. The van der Waals surface area contributed by atoms with Gasteiger partial charge in [-0.25, -0.2) is 0 Å². The Bertz CT molecular complexity index is 553. The summed E-state index contributed by atoms with van der Waals surface area (Å²) in [4.78, 5) is 25.8. The average Bonchev–Trinajstić information content (AvgIpc) is 3.31. The number of nitrogens with two attached hydrogens (primary N) is 1. The SMILES string of the molecule is CN(CC(C)(C)CN)C(=O)c1ccc(NC(=O)C2CC2)cc1.Cl. The molecule has 2 amide bonds. The highest BCUT2D eigenvalue weighted by molar-refractivity contribution is 5.96. The van der Waals surface area contributed by atoms with Gasteiger partial charge in [-0.15, -0.1) is 12.4 Å². The maximum Gasteiger partial charge on any atom is 0.253 e. The van der Waals surface area contributed by atoms with Gasteiger partial charge in [0.25, 0.3) is 5.91 Å². The molecule has 0 unspecified atom stereocenters. The van der Waals surface area contributed by atoms with Crippen LogP contribution in [-0.4, -0.2) is 36.9 Å². The molecule has 3 N–H and O–H groups in total. The molecule has 0 aromatic heterocycles.